The monoisotopic (exact) mass is 365 g/mol. The van der Waals surface area contributed by atoms with E-state index in [2.05, 4.69) is 34.0 Å². The highest BCUT2D eigenvalue weighted by Crippen LogP contribution is 2.38. The van der Waals surface area contributed by atoms with Gasteiger partial charge in [-0.3, -0.25) is 9.78 Å². The molecule has 0 bridgehead atoms. The molecule has 1 amide bonds. The summed E-state index contributed by atoms with van der Waals surface area (Å²) in [5, 5.41) is 19.3. The summed E-state index contributed by atoms with van der Waals surface area (Å²) < 4.78 is 1.82. The van der Waals surface area contributed by atoms with E-state index < -0.39 is 5.91 Å². The number of amides is 1. The zero-order chi connectivity index (χ0) is 19.2. The van der Waals surface area contributed by atoms with Crippen molar-refractivity contribution in [2.45, 2.75) is 20.4 Å². The van der Waals surface area contributed by atoms with Crippen LogP contribution in [0.4, 0.5) is 5.69 Å². The van der Waals surface area contributed by atoms with Crippen LogP contribution < -0.4 is 0 Å². The van der Waals surface area contributed by atoms with Crippen molar-refractivity contribution in [2.24, 2.45) is 10.2 Å². The van der Waals surface area contributed by atoms with Gasteiger partial charge in [0.05, 0.1) is 5.52 Å². The van der Waals surface area contributed by atoms with E-state index in [1.165, 1.54) is 12.4 Å². The highest BCUT2D eigenvalue weighted by molar-refractivity contribution is 5.97. The first kappa shape index (κ1) is 18.7. The average Bonchev–Trinajstić information content (AvgIpc) is 2.98. The summed E-state index contributed by atoms with van der Waals surface area (Å²) >= 11 is 0. The largest absolute Gasteiger partial charge is 0.493 e. The number of nitrogens with zero attached hydrogens (tertiary/aromatic N) is 5. The predicted octanol–water partition coefficient (Wildman–Crippen LogP) is 4.01. The molecular formula is C20H23N5O2. The molecule has 0 atom stereocenters. The maximum atomic E-state index is 12.2. The van der Waals surface area contributed by atoms with Gasteiger partial charge in [0.1, 0.15) is 0 Å². The molecule has 0 spiro atoms. The third-order valence-corrected chi connectivity index (χ3v) is 4.62. The van der Waals surface area contributed by atoms with Crippen LogP contribution >= 0.6 is 0 Å². The Bertz CT molecular complexity index is 946. The number of likely N-dealkylation sites (N-methyl/N-ethyl adjacent to an activating group) is 1. The molecule has 0 aliphatic heterocycles. The smallest absolute Gasteiger partial charge is 0.295 e. The second kappa shape index (κ2) is 8.55. The van der Waals surface area contributed by atoms with Crippen molar-refractivity contribution in [3.05, 3.63) is 54.4 Å². The molecule has 0 saturated heterocycles. The molecule has 2 aromatic heterocycles. The van der Waals surface area contributed by atoms with Gasteiger partial charge in [-0.15, -0.1) is 10.2 Å². The molecule has 3 aromatic rings. The number of carbonyl (C=O) groups excluding carboxylic acids is 1. The van der Waals surface area contributed by atoms with Crippen LogP contribution in [0.1, 0.15) is 24.2 Å². The van der Waals surface area contributed by atoms with Crippen LogP contribution in [-0.4, -0.2) is 45.1 Å². The molecule has 0 radical (unpaired) electrons. The summed E-state index contributed by atoms with van der Waals surface area (Å²) in [6, 6.07) is 10.7. The average molecular weight is 365 g/mol. The van der Waals surface area contributed by atoms with Gasteiger partial charge in [0, 0.05) is 36.4 Å². The number of hydrogen-bond donors (Lipinski definition) is 1. The topological polar surface area (TPSA) is 83.1 Å². The Balaban J connectivity index is 1.92. The molecular weight excluding hydrogens is 342 g/mol. The molecule has 0 saturated carbocycles. The zero-order valence-electron chi connectivity index (χ0n) is 15.5. The first-order valence-electron chi connectivity index (χ1n) is 9.04. The number of aromatic hydroxyl groups is 1. The number of benzene rings is 1. The summed E-state index contributed by atoms with van der Waals surface area (Å²) in [5.74, 6) is -0.452. The Morgan fingerprint density at radius 2 is 1.85 bits per heavy atom. The molecule has 0 fully saturated rings. The molecule has 1 N–H and O–H groups in total. The maximum Gasteiger partial charge on any atom is 0.295 e. The first-order valence-corrected chi connectivity index (χ1v) is 9.04. The lowest BCUT2D eigenvalue weighted by atomic mass is 10.2. The Hall–Kier alpha value is -3.06. The van der Waals surface area contributed by atoms with Crippen LogP contribution in [-0.2, 0) is 6.54 Å². The summed E-state index contributed by atoms with van der Waals surface area (Å²) in [5.41, 5.74) is 1.58. The van der Waals surface area contributed by atoms with Gasteiger partial charge in [0.15, 0.2) is 5.69 Å². The van der Waals surface area contributed by atoms with Crippen molar-refractivity contribution in [3.63, 3.8) is 0 Å². The molecule has 0 unspecified atom stereocenters. The lowest BCUT2D eigenvalue weighted by Crippen LogP contribution is -2.26. The Morgan fingerprint density at radius 3 is 2.56 bits per heavy atom. The lowest BCUT2D eigenvalue weighted by molar-refractivity contribution is 0.0995. The van der Waals surface area contributed by atoms with Gasteiger partial charge < -0.3 is 14.6 Å². The number of rotatable bonds is 7. The Labute approximate surface area is 158 Å². The molecule has 2 heterocycles. The number of para-hydroxylation sites is 1. The minimum atomic E-state index is -0.475. The molecule has 27 heavy (non-hydrogen) atoms. The quantitative estimate of drug-likeness (QED) is 0.641. The third kappa shape index (κ3) is 4.03. The number of carbonyl (C=O) groups is 1. The molecule has 140 valence electrons. The molecule has 1 aromatic carbocycles. The van der Waals surface area contributed by atoms with E-state index in [4.69, 9.17) is 0 Å². The summed E-state index contributed by atoms with van der Waals surface area (Å²) in [6.07, 6.45) is 3.05. The second-order valence-electron chi connectivity index (χ2n) is 6.11. The predicted molar refractivity (Wildman–Crippen MR) is 104 cm³/mol. The van der Waals surface area contributed by atoms with Gasteiger partial charge >= 0.3 is 0 Å². The van der Waals surface area contributed by atoms with E-state index in [1.54, 1.807) is 12.1 Å². The van der Waals surface area contributed by atoms with E-state index in [1.807, 2.05) is 28.8 Å². The van der Waals surface area contributed by atoms with Gasteiger partial charge in [0.2, 0.25) is 5.88 Å². The van der Waals surface area contributed by atoms with Gasteiger partial charge in [-0.05, 0) is 31.3 Å². The minimum Gasteiger partial charge on any atom is -0.493 e. The molecule has 0 aliphatic carbocycles. The van der Waals surface area contributed by atoms with Crippen molar-refractivity contribution in [2.75, 3.05) is 19.6 Å². The number of fused-ring (bicyclic) bond motifs is 1. The van der Waals surface area contributed by atoms with Gasteiger partial charge in [-0.25, -0.2) is 0 Å². The summed E-state index contributed by atoms with van der Waals surface area (Å²) in [7, 11) is 0. The van der Waals surface area contributed by atoms with Crippen molar-refractivity contribution in [1.82, 2.24) is 14.5 Å². The van der Waals surface area contributed by atoms with Gasteiger partial charge in [0.25, 0.3) is 5.91 Å². The van der Waals surface area contributed by atoms with E-state index in [-0.39, 0.29) is 5.88 Å². The van der Waals surface area contributed by atoms with Crippen molar-refractivity contribution in [1.29, 1.82) is 0 Å². The fourth-order valence-electron chi connectivity index (χ4n) is 3.03. The Morgan fingerprint density at radius 1 is 1.15 bits per heavy atom. The highest BCUT2D eigenvalue weighted by atomic mass is 16.3. The van der Waals surface area contributed by atoms with Crippen LogP contribution in [0.5, 0.6) is 5.88 Å². The van der Waals surface area contributed by atoms with Gasteiger partial charge in [-0.2, -0.15) is 0 Å². The summed E-state index contributed by atoms with van der Waals surface area (Å²) in [6.45, 7) is 7.56. The summed E-state index contributed by atoms with van der Waals surface area (Å²) in [4.78, 5) is 18.3. The number of aromatic nitrogens is 2. The molecule has 7 nitrogen and oxygen atoms in total. The molecule has 7 heteroatoms. The molecule has 0 aliphatic rings. The van der Waals surface area contributed by atoms with Crippen LogP contribution in [0, 0.1) is 0 Å². The number of azo groups is 1. The third-order valence-electron chi connectivity index (χ3n) is 4.62. The lowest BCUT2D eigenvalue weighted by Gasteiger charge is -2.18. The van der Waals surface area contributed by atoms with Crippen LogP contribution in [0.25, 0.3) is 10.9 Å². The van der Waals surface area contributed by atoms with Crippen molar-refractivity contribution < 1.29 is 9.90 Å². The Kier molecular flexibility index (Phi) is 5.93. The first-order chi connectivity index (χ1) is 13.2. The van der Waals surface area contributed by atoms with Crippen LogP contribution in [0.2, 0.25) is 0 Å². The van der Waals surface area contributed by atoms with E-state index in [0.29, 0.717) is 17.8 Å². The van der Waals surface area contributed by atoms with Crippen molar-refractivity contribution >= 4 is 22.5 Å². The minimum absolute atomic E-state index is 0.0228. The van der Waals surface area contributed by atoms with Crippen molar-refractivity contribution in [3.8, 4) is 5.88 Å². The number of hydrogen-bond acceptors (Lipinski definition) is 5. The van der Waals surface area contributed by atoms with E-state index >= 15 is 0 Å². The zero-order valence-corrected chi connectivity index (χ0v) is 15.5. The highest BCUT2D eigenvalue weighted by Gasteiger charge is 2.17. The van der Waals surface area contributed by atoms with Crippen LogP contribution in [0.15, 0.2) is 59.0 Å². The van der Waals surface area contributed by atoms with Crippen LogP contribution in [0.3, 0.4) is 0 Å². The standard InChI is InChI=1S/C20H23N5O2/c1-3-24(4-2)13-14-25-17-8-6-5-7-16(17)18(20(25)27)22-23-19(26)15-9-11-21-12-10-15/h5-12,27H,3-4,13-14H2,1-2H3. The van der Waals surface area contributed by atoms with Gasteiger partial charge in [-0.1, -0.05) is 32.0 Å². The fraction of sp³-hybridized carbons (Fsp3) is 0.300. The number of pyridine rings is 1. The normalized spacial score (nSPS) is 11.7. The molecule has 3 rings (SSSR count). The van der Waals surface area contributed by atoms with E-state index in [0.717, 1.165) is 30.5 Å². The maximum absolute atomic E-state index is 12.2. The fourth-order valence-corrected chi connectivity index (χ4v) is 3.03. The second-order valence-corrected chi connectivity index (χ2v) is 6.11. The van der Waals surface area contributed by atoms with E-state index in [9.17, 15) is 9.90 Å². The SMILES string of the molecule is CCN(CC)CCn1c(O)c(N=NC(=O)c2ccncc2)c2ccccc21.